The van der Waals surface area contributed by atoms with E-state index in [-0.39, 0.29) is 11.4 Å². The zero-order chi connectivity index (χ0) is 14.8. The van der Waals surface area contributed by atoms with Gasteiger partial charge in [0.05, 0.1) is 4.90 Å². The van der Waals surface area contributed by atoms with Crippen LogP contribution >= 0.6 is 31.9 Å². The molecule has 3 nitrogen and oxygen atoms in total. The summed E-state index contributed by atoms with van der Waals surface area (Å²) < 4.78 is 28.9. The molecular weight excluding hydrogens is 406 g/mol. The van der Waals surface area contributed by atoms with Crippen LogP contribution < -0.4 is 4.72 Å². The van der Waals surface area contributed by atoms with Crippen molar-refractivity contribution in [3.05, 3.63) is 62.5 Å². The fraction of sp³-hybridized carbons (Fsp3) is 0.143. The van der Waals surface area contributed by atoms with E-state index in [1.165, 1.54) is 0 Å². The van der Waals surface area contributed by atoms with E-state index in [0.29, 0.717) is 0 Å². The molecule has 0 aliphatic heterocycles. The van der Waals surface area contributed by atoms with Crippen molar-refractivity contribution in [2.45, 2.75) is 18.4 Å². The lowest BCUT2D eigenvalue weighted by molar-refractivity contribution is 0.581. The first kappa shape index (κ1) is 15.7. The molecule has 0 heterocycles. The topological polar surface area (TPSA) is 46.2 Å². The molecule has 0 radical (unpaired) electrons. The molecule has 1 N–H and O–H groups in total. The molecule has 0 fully saturated rings. The number of rotatable bonds is 4. The third-order valence-electron chi connectivity index (χ3n) is 2.82. The number of benzene rings is 2. The Morgan fingerprint density at radius 3 is 2.30 bits per heavy atom. The third kappa shape index (κ3) is 3.91. The summed E-state index contributed by atoms with van der Waals surface area (Å²) in [6.45, 7) is 2.13. The van der Waals surface area contributed by atoms with Crippen LogP contribution in [0.4, 0.5) is 0 Å². The second-order valence-corrected chi connectivity index (χ2v) is 7.90. The fourth-order valence-corrected chi connectivity index (χ4v) is 3.26. The minimum atomic E-state index is -3.49. The van der Waals surface area contributed by atoms with Gasteiger partial charge in [0, 0.05) is 15.5 Å². The molecule has 0 aromatic heterocycles. The Hall–Kier alpha value is -0.690. The van der Waals surface area contributed by atoms with Crippen LogP contribution in [0.2, 0.25) is 0 Å². The van der Waals surface area contributed by atoms with Gasteiger partial charge in [-0.25, -0.2) is 13.1 Å². The van der Waals surface area contributed by atoms with Gasteiger partial charge in [0.15, 0.2) is 0 Å². The lowest BCUT2D eigenvalue weighted by atomic mass is 10.2. The molecule has 0 unspecified atom stereocenters. The average Bonchev–Trinajstić information content (AvgIpc) is 2.41. The van der Waals surface area contributed by atoms with Gasteiger partial charge in [-0.2, -0.15) is 0 Å². The smallest absolute Gasteiger partial charge is 0.207 e. The predicted molar refractivity (Wildman–Crippen MR) is 87.0 cm³/mol. The molecule has 0 bridgehead atoms. The van der Waals surface area contributed by atoms with Gasteiger partial charge in [-0.3, -0.25) is 0 Å². The number of halogens is 2. The minimum Gasteiger partial charge on any atom is -0.207 e. The van der Waals surface area contributed by atoms with Gasteiger partial charge < -0.3 is 0 Å². The molecular formula is C14H13Br2NO2S. The molecule has 0 amide bonds. The summed E-state index contributed by atoms with van der Waals surface area (Å²) in [6.07, 6.45) is 0. The molecule has 0 atom stereocenters. The van der Waals surface area contributed by atoms with Gasteiger partial charge in [-0.05, 0) is 48.4 Å². The maximum atomic E-state index is 12.2. The Bertz CT molecular complexity index is 712. The standard InChI is InChI=1S/C14H13Br2NO2S/c1-10-8-13(6-7-14(10)16)20(18,19)17-9-11-2-4-12(15)5-3-11/h2-8,17H,9H2,1H3. The van der Waals surface area contributed by atoms with E-state index >= 15 is 0 Å². The highest BCUT2D eigenvalue weighted by molar-refractivity contribution is 9.10. The molecule has 2 aromatic rings. The second kappa shape index (κ2) is 6.39. The van der Waals surface area contributed by atoms with E-state index in [4.69, 9.17) is 0 Å². The number of hydrogen-bond donors (Lipinski definition) is 1. The summed E-state index contributed by atoms with van der Waals surface area (Å²) in [5.74, 6) is 0. The van der Waals surface area contributed by atoms with Gasteiger partial charge in [-0.15, -0.1) is 0 Å². The molecule has 0 saturated heterocycles. The van der Waals surface area contributed by atoms with E-state index in [1.54, 1.807) is 18.2 Å². The maximum Gasteiger partial charge on any atom is 0.240 e. The summed E-state index contributed by atoms with van der Waals surface area (Å²) >= 11 is 6.70. The van der Waals surface area contributed by atoms with Crippen molar-refractivity contribution >= 4 is 41.9 Å². The Balaban J connectivity index is 2.14. The predicted octanol–water partition coefficient (Wildman–Crippen LogP) is 4.00. The van der Waals surface area contributed by atoms with E-state index in [0.717, 1.165) is 20.1 Å². The van der Waals surface area contributed by atoms with Crippen molar-refractivity contribution in [1.82, 2.24) is 4.72 Å². The van der Waals surface area contributed by atoms with Gasteiger partial charge >= 0.3 is 0 Å². The number of nitrogens with one attached hydrogen (secondary N) is 1. The summed E-state index contributed by atoms with van der Waals surface area (Å²) in [5, 5.41) is 0. The van der Waals surface area contributed by atoms with Crippen molar-refractivity contribution < 1.29 is 8.42 Å². The van der Waals surface area contributed by atoms with Gasteiger partial charge in [0.25, 0.3) is 0 Å². The Labute approximate surface area is 135 Å². The molecule has 0 saturated carbocycles. The molecule has 0 aliphatic carbocycles. The molecule has 106 valence electrons. The Morgan fingerprint density at radius 1 is 1.05 bits per heavy atom. The third-order valence-corrected chi connectivity index (χ3v) is 5.64. The fourth-order valence-electron chi connectivity index (χ4n) is 1.65. The Morgan fingerprint density at radius 2 is 1.70 bits per heavy atom. The monoisotopic (exact) mass is 417 g/mol. The van der Waals surface area contributed by atoms with Crippen LogP contribution in [0, 0.1) is 6.92 Å². The lowest BCUT2D eigenvalue weighted by Crippen LogP contribution is -2.23. The van der Waals surface area contributed by atoms with E-state index in [2.05, 4.69) is 36.6 Å². The van der Waals surface area contributed by atoms with E-state index in [1.807, 2.05) is 31.2 Å². The van der Waals surface area contributed by atoms with Crippen molar-refractivity contribution in [2.24, 2.45) is 0 Å². The summed E-state index contributed by atoms with van der Waals surface area (Å²) in [7, 11) is -3.49. The molecule has 0 aliphatic rings. The number of aryl methyl sites for hydroxylation is 1. The van der Waals surface area contributed by atoms with Gasteiger partial charge in [0.2, 0.25) is 10.0 Å². The highest BCUT2D eigenvalue weighted by Crippen LogP contribution is 2.20. The quantitative estimate of drug-likeness (QED) is 0.815. The highest BCUT2D eigenvalue weighted by Gasteiger charge is 2.14. The van der Waals surface area contributed by atoms with Crippen molar-refractivity contribution in [1.29, 1.82) is 0 Å². The first-order chi connectivity index (χ1) is 9.38. The van der Waals surface area contributed by atoms with E-state index in [9.17, 15) is 8.42 Å². The lowest BCUT2D eigenvalue weighted by Gasteiger charge is -2.08. The van der Waals surface area contributed by atoms with Crippen LogP contribution in [-0.4, -0.2) is 8.42 Å². The molecule has 6 heteroatoms. The summed E-state index contributed by atoms with van der Waals surface area (Å²) in [6, 6.07) is 12.5. The van der Waals surface area contributed by atoms with Crippen molar-refractivity contribution in [3.63, 3.8) is 0 Å². The zero-order valence-corrected chi connectivity index (χ0v) is 14.7. The van der Waals surface area contributed by atoms with Crippen LogP contribution in [0.1, 0.15) is 11.1 Å². The molecule has 0 spiro atoms. The number of hydrogen-bond acceptors (Lipinski definition) is 2. The Kier molecular flexibility index (Phi) is 5.01. The van der Waals surface area contributed by atoms with Crippen LogP contribution in [0.25, 0.3) is 0 Å². The van der Waals surface area contributed by atoms with Crippen LogP contribution in [0.15, 0.2) is 56.3 Å². The number of sulfonamides is 1. The van der Waals surface area contributed by atoms with Crippen molar-refractivity contribution in [2.75, 3.05) is 0 Å². The van der Waals surface area contributed by atoms with Gasteiger partial charge in [0.1, 0.15) is 0 Å². The largest absolute Gasteiger partial charge is 0.240 e. The molecule has 20 heavy (non-hydrogen) atoms. The van der Waals surface area contributed by atoms with Crippen LogP contribution in [0.3, 0.4) is 0 Å². The highest BCUT2D eigenvalue weighted by atomic mass is 79.9. The maximum absolute atomic E-state index is 12.2. The van der Waals surface area contributed by atoms with Crippen LogP contribution in [-0.2, 0) is 16.6 Å². The summed E-state index contributed by atoms with van der Waals surface area (Å²) in [5.41, 5.74) is 1.79. The van der Waals surface area contributed by atoms with Gasteiger partial charge in [-0.1, -0.05) is 44.0 Å². The first-order valence-corrected chi connectivity index (χ1v) is 8.96. The SMILES string of the molecule is Cc1cc(S(=O)(=O)NCc2ccc(Br)cc2)ccc1Br. The minimum absolute atomic E-state index is 0.269. The van der Waals surface area contributed by atoms with Crippen LogP contribution in [0.5, 0.6) is 0 Å². The normalized spacial score (nSPS) is 11.6. The first-order valence-electron chi connectivity index (χ1n) is 5.89. The van der Waals surface area contributed by atoms with E-state index < -0.39 is 10.0 Å². The van der Waals surface area contributed by atoms with Crippen molar-refractivity contribution in [3.8, 4) is 0 Å². The zero-order valence-electron chi connectivity index (χ0n) is 10.7. The summed E-state index contributed by atoms with van der Waals surface area (Å²) in [4.78, 5) is 0.273. The average molecular weight is 419 g/mol. The molecule has 2 aromatic carbocycles. The molecule has 2 rings (SSSR count). The second-order valence-electron chi connectivity index (χ2n) is 4.36.